The van der Waals surface area contributed by atoms with E-state index in [1.807, 2.05) is 39.0 Å². The normalized spacial score (nSPS) is 16.4. The van der Waals surface area contributed by atoms with Crippen molar-refractivity contribution in [3.63, 3.8) is 0 Å². The van der Waals surface area contributed by atoms with Gasteiger partial charge in [0.2, 0.25) is 11.8 Å². The largest absolute Gasteiger partial charge is 0.356 e. The quantitative estimate of drug-likeness (QED) is 0.737. The van der Waals surface area contributed by atoms with Crippen LogP contribution < -0.4 is 16.0 Å². The average Bonchev–Trinajstić information content (AvgIpc) is 2.62. The molecule has 2 rings (SSSR count). The molecule has 3 N–H and O–H groups in total. The van der Waals surface area contributed by atoms with Crippen LogP contribution in [0.25, 0.3) is 0 Å². The molecular weight excluding hydrogens is 344 g/mol. The van der Waals surface area contributed by atoms with Crippen molar-refractivity contribution in [1.82, 2.24) is 15.5 Å². The summed E-state index contributed by atoms with van der Waals surface area (Å²) in [5.74, 6) is 0.116. The maximum Gasteiger partial charge on any atom is 0.325 e. The van der Waals surface area contributed by atoms with Crippen LogP contribution in [0, 0.1) is 19.8 Å². The number of carbonyl (C=O) groups excluding carboxylic acids is 3. The molecule has 1 fully saturated rings. The van der Waals surface area contributed by atoms with Gasteiger partial charge in [0.25, 0.3) is 0 Å². The van der Waals surface area contributed by atoms with Gasteiger partial charge in [-0.25, -0.2) is 4.79 Å². The zero-order valence-electron chi connectivity index (χ0n) is 16.6. The van der Waals surface area contributed by atoms with Crippen LogP contribution in [0.1, 0.15) is 37.8 Å². The van der Waals surface area contributed by atoms with E-state index in [2.05, 4.69) is 20.9 Å². The smallest absolute Gasteiger partial charge is 0.325 e. The fourth-order valence-corrected chi connectivity index (χ4v) is 3.32. The second-order valence-corrected chi connectivity index (χ2v) is 7.35. The fraction of sp³-hybridized carbons (Fsp3) is 0.550. The van der Waals surface area contributed by atoms with E-state index in [1.165, 1.54) is 6.92 Å². The molecule has 1 heterocycles. The molecule has 4 amide bonds. The molecule has 0 spiro atoms. The molecule has 0 bridgehead atoms. The first-order valence-electron chi connectivity index (χ1n) is 9.44. The number of carbonyl (C=O) groups is 3. The van der Waals surface area contributed by atoms with Crippen LogP contribution in [0.3, 0.4) is 0 Å². The molecule has 1 aromatic rings. The van der Waals surface area contributed by atoms with E-state index in [0.717, 1.165) is 37.1 Å². The molecular formula is C20H30N4O3. The molecule has 1 aliphatic rings. The number of likely N-dealkylation sites (tertiary alicyclic amines) is 1. The lowest BCUT2D eigenvalue weighted by molar-refractivity contribution is -0.125. The predicted octanol–water partition coefficient (Wildman–Crippen LogP) is 2.19. The summed E-state index contributed by atoms with van der Waals surface area (Å²) in [7, 11) is 0. The minimum absolute atomic E-state index is 0.0139. The number of nitrogens with zero attached hydrogens (tertiary/aromatic N) is 1. The summed E-state index contributed by atoms with van der Waals surface area (Å²) in [4.78, 5) is 37.6. The Bertz CT molecular complexity index is 696. The first-order valence-corrected chi connectivity index (χ1v) is 9.44. The summed E-state index contributed by atoms with van der Waals surface area (Å²) in [6.07, 6.45) is 1.85. The highest BCUT2D eigenvalue weighted by atomic mass is 16.2. The molecule has 0 radical (unpaired) electrons. The van der Waals surface area contributed by atoms with E-state index in [9.17, 15) is 14.4 Å². The van der Waals surface area contributed by atoms with Crippen LogP contribution >= 0.6 is 0 Å². The lowest BCUT2D eigenvalue weighted by Gasteiger charge is -2.35. The highest BCUT2D eigenvalue weighted by Crippen LogP contribution is 2.19. The van der Waals surface area contributed by atoms with E-state index in [0.29, 0.717) is 18.2 Å². The Morgan fingerprint density at radius 1 is 1.19 bits per heavy atom. The number of amides is 4. The minimum atomic E-state index is -0.514. The van der Waals surface area contributed by atoms with Gasteiger partial charge in [0.05, 0.1) is 6.04 Å². The molecule has 0 saturated carbocycles. The number of hydrogen-bond donors (Lipinski definition) is 3. The van der Waals surface area contributed by atoms with Crippen LogP contribution in [-0.2, 0) is 9.59 Å². The Morgan fingerprint density at radius 2 is 1.85 bits per heavy atom. The predicted molar refractivity (Wildman–Crippen MR) is 106 cm³/mol. The number of aryl methyl sites for hydroxylation is 2. The Balaban J connectivity index is 1.79. The van der Waals surface area contributed by atoms with Crippen LogP contribution in [0.4, 0.5) is 10.5 Å². The van der Waals surface area contributed by atoms with Gasteiger partial charge in [0.15, 0.2) is 0 Å². The van der Waals surface area contributed by atoms with E-state index < -0.39 is 6.03 Å². The Morgan fingerprint density at radius 3 is 2.44 bits per heavy atom. The second-order valence-electron chi connectivity index (χ2n) is 7.35. The van der Waals surface area contributed by atoms with Gasteiger partial charge < -0.3 is 10.6 Å². The van der Waals surface area contributed by atoms with Crippen LogP contribution in [0.15, 0.2) is 18.2 Å². The fourth-order valence-electron chi connectivity index (χ4n) is 3.32. The molecule has 1 saturated heterocycles. The maximum absolute atomic E-state index is 12.4. The van der Waals surface area contributed by atoms with Crippen molar-refractivity contribution in [2.45, 2.75) is 46.6 Å². The number of nitrogens with one attached hydrogen (secondary N) is 3. The molecule has 1 aliphatic heterocycles. The van der Waals surface area contributed by atoms with Gasteiger partial charge in [-0.05, 0) is 64.3 Å². The summed E-state index contributed by atoms with van der Waals surface area (Å²) >= 11 is 0. The molecule has 27 heavy (non-hydrogen) atoms. The summed E-state index contributed by atoms with van der Waals surface area (Å²) in [6.45, 7) is 9.47. The van der Waals surface area contributed by atoms with Gasteiger partial charge in [-0.15, -0.1) is 0 Å². The Labute approximate surface area is 160 Å². The molecule has 7 heteroatoms. The number of piperidine rings is 1. The lowest BCUT2D eigenvalue weighted by atomic mass is 9.95. The van der Waals surface area contributed by atoms with E-state index in [1.54, 1.807) is 0 Å². The first-order chi connectivity index (χ1) is 12.8. The topological polar surface area (TPSA) is 90.5 Å². The van der Waals surface area contributed by atoms with E-state index in [-0.39, 0.29) is 17.9 Å². The molecule has 0 aromatic heterocycles. The highest BCUT2D eigenvalue weighted by Gasteiger charge is 2.27. The molecule has 1 unspecified atom stereocenters. The number of anilines is 1. The van der Waals surface area contributed by atoms with Crippen molar-refractivity contribution in [3.05, 3.63) is 29.3 Å². The van der Waals surface area contributed by atoms with Crippen LogP contribution in [0.5, 0.6) is 0 Å². The molecule has 148 valence electrons. The molecule has 7 nitrogen and oxygen atoms in total. The number of rotatable bonds is 5. The average molecular weight is 374 g/mol. The minimum Gasteiger partial charge on any atom is -0.356 e. The third-order valence-corrected chi connectivity index (χ3v) is 5.08. The SMILES string of the molecule is CC(=O)NCC1CCN(C(C)C(=O)NC(=O)Nc2ccc(C)cc2C)CC1. The van der Waals surface area contributed by atoms with Gasteiger partial charge in [0, 0.05) is 19.2 Å². The molecule has 1 aromatic carbocycles. The number of urea groups is 1. The third kappa shape index (κ3) is 6.36. The zero-order chi connectivity index (χ0) is 20.0. The van der Waals surface area contributed by atoms with Crippen molar-refractivity contribution in [2.24, 2.45) is 5.92 Å². The van der Waals surface area contributed by atoms with Gasteiger partial charge in [-0.2, -0.15) is 0 Å². The van der Waals surface area contributed by atoms with E-state index >= 15 is 0 Å². The van der Waals surface area contributed by atoms with Gasteiger partial charge in [-0.3, -0.25) is 19.8 Å². The summed E-state index contributed by atoms with van der Waals surface area (Å²) in [5, 5.41) is 8.01. The van der Waals surface area contributed by atoms with Crippen molar-refractivity contribution >= 4 is 23.5 Å². The number of hydrogen-bond acceptors (Lipinski definition) is 4. The summed E-state index contributed by atoms with van der Waals surface area (Å²) in [5.41, 5.74) is 2.76. The number of imide groups is 1. The van der Waals surface area contributed by atoms with Crippen molar-refractivity contribution in [3.8, 4) is 0 Å². The van der Waals surface area contributed by atoms with Crippen molar-refractivity contribution in [2.75, 3.05) is 25.0 Å². The van der Waals surface area contributed by atoms with Crippen LogP contribution in [0.2, 0.25) is 0 Å². The maximum atomic E-state index is 12.4. The van der Waals surface area contributed by atoms with Gasteiger partial charge >= 0.3 is 6.03 Å². The van der Waals surface area contributed by atoms with Crippen molar-refractivity contribution in [1.29, 1.82) is 0 Å². The van der Waals surface area contributed by atoms with E-state index in [4.69, 9.17) is 0 Å². The number of benzene rings is 1. The Hall–Kier alpha value is -2.41. The van der Waals surface area contributed by atoms with Crippen molar-refractivity contribution < 1.29 is 14.4 Å². The monoisotopic (exact) mass is 374 g/mol. The van der Waals surface area contributed by atoms with Gasteiger partial charge in [0.1, 0.15) is 0 Å². The summed E-state index contributed by atoms with van der Waals surface area (Å²) < 4.78 is 0. The second kappa shape index (κ2) is 9.50. The van der Waals surface area contributed by atoms with Crippen LogP contribution in [-0.4, -0.2) is 48.4 Å². The Kier molecular flexibility index (Phi) is 7.36. The lowest BCUT2D eigenvalue weighted by Crippen LogP contribution is -2.51. The van der Waals surface area contributed by atoms with Gasteiger partial charge in [-0.1, -0.05) is 17.7 Å². The standard InChI is InChI=1S/C20H30N4O3/c1-13-5-6-18(14(2)11-13)22-20(27)23-19(26)15(3)24-9-7-17(8-10-24)12-21-16(4)25/h5-6,11,15,17H,7-10,12H2,1-4H3,(H,21,25)(H2,22,23,26,27). The molecule has 0 aliphatic carbocycles. The zero-order valence-corrected chi connectivity index (χ0v) is 16.6. The molecule has 1 atom stereocenters. The third-order valence-electron chi connectivity index (χ3n) is 5.08. The first kappa shape index (κ1) is 20.9. The summed E-state index contributed by atoms with van der Waals surface area (Å²) in [6, 6.07) is 4.83. The highest BCUT2D eigenvalue weighted by molar-refractivity contribution is 6.03.